The summed E-state index contributed by atoms with van der Waals surface area (Å²) in [6.07, 6.45) is 2.66. The fourth-order valence-electron chi connectivity index (χ4n) is 4.73. The number of carboxylic acids is 1. The standard InChI is InChI=1S/C32H35ClN4O4/c1-36(2)18-5-4-9-28(38)37(3)25-14-12-24(13-15-25)34-31(22-8-6-7-21(19-22)10-17-29(39)40)30-26-16-11-23(33)20-27(26)35-32(30)41/h6-8,11-16,19-20,34H,4-5,9-10,17-18H2,1-3H3,(H,35,41)(H,39,40)/b31-30-. The van der Waals surface area contributed by atoms with Gasteiger partial charge in [-0.1, -0.05) is 35.9 Å². The largest absolute Gasteiger partial charge is 0.481 e. The van der Waals surface area contributed by atoms with E-state index in [2.05, 4.69) is 15.5 Å². The van der Waals surface area contributed by atoms with E-state index in [1.165, 1.54) is 0 Å². The number of unbranched alkanes of at least 4 members (excludes halogenated alkanes) is 1. The summed E-state index contributed by atoms with van der Waals surface area (Å²) >= 11 is 6.18. The van der Waals surface area contributed by atoms with Crippen molar-refractivity contribution < 1.29 is 19.5 Å². The minimum Gasteiger partial charge on any atom is -0.481 e. The molecule has 0 saturated carbocycles. The summed E-state index contributed by atoms with van der Waals surface area (Å²) in [6.45, 7) is 0.952. The molecule has 1 heterocycles. The van der Waals surface area contributed by atoms with Crippen LogP contribution in [-0.4, -0.2) is 55.5 Å². The number of nitrogens with one attached hydrogen (secondary N) is 2. The van der Waals surface area contributed by atoms with Gasteiger partial charge in [-0.25, -0.2) is 0 Å². The molecule has 3 N–H and O–H groups in total. The van der Waals surface area contributed by atoms with E-state index in [0.29, 0.717) is 40.4 Å². The van der Waals surface area contributed by atoms with Crippen LogP contribution in [0.4, 0.5) is 17.1 Å². The number of rotatable bonds is 12. The summed E-state index contributed by atoms with van der Waals surface area (Å²) in [5, 5.41) is 16.0. The van der Waals surface area contributed by atoms with Crippen molar-refractivity contribution in [1.82, 2.24) is 4.90 Å². The average Bonchev–Trinajstić information content (AvgIpc) is 3.27. The van der Waals surface area contributed by atoms with Crippen LogP contribution in [0, 0.1) is 0 Å². The number of benzene rings is 3. The van der Waals surface area contributed by atoms with Crippen LogP contribution >= 0.6 is 11.6 Å². The number of carbonyl (C=O) groups is 3. The van der Waals surface area contributed by atoms with Crippen LogP contribution in [0.25, 0.3) is 11.3 Å². The molecule has 0 unspecified atom stereocenters. The number of fused-ring (bicyclic) bond motifs is 1. The third-order valence-electron chi connectivity index (χ3n) is 6.96. The quantitative estimate of drug-likeness (QED) is 0.182. The zero-order chi connectivity index (χ0) is 29.5. The van der Waals surface area contributed by atoms with Crippen molar-refractivity contribution in [2.45, 2.75) is 32.1 Å². The number of nitrogens with zero attached hydrogens (tertiary/aromatic N) is 2. The predicted octanol–water partition coefficient (Wildman–Crippen LogP) is 5.98. The minimum atomic E-state index is -0.870. The number of hydrogen-bond acceptors (Lipinski definition) is 5. The summed E-state index contributed by atoms with van der Waals surface area (Å²) < 4.78 is 0. The molecule has 0 aromatic heterocycles. The number of carbonyl (C=O) groups excluding carboxylic acids is 2. The summed E-state index contributed by atoms with van der Waals surface area (Å²) in [4.78, 5) is 40.9. The lowest BCUT2D eigenvalue weighted by atomic mass is 9.97. The highest BCUT2D eigenvalue weighted by Crippen LogP contribution is 2.39. The van der Waals surface area contributed by atoms with E-state index < -0.39 is 5.97 Å². The zero-order valence-corrected chi connectivity index (χ0v) is 24.3. The molecular weight excluding hydrogens is 540 g/mol. The van der Waals surface area contributed by atoms with Gasteiger partial charge in [0.25, 0.3) is 5.91 Å². The molecular formula is C32H35ClN4O4. The third kappa shape index (κ3) is 7.74. The monoisotopic (exact) mass is 574 g/mol. The van der Waals surface area contributed by atoms with Crippen LogP contribution in [0.3, 0.4) is 0 Å². The molecule has 8 nitrogen and oxygen atoms in total. The number of halogens is 1. The average molecular weight is 575 g/mol. The molecule has 1 aliphatic heterocycles. The lowest BCUT2D eigenvalue weighted by Crippen LogP contribution is -2.26. The van der Waals surface area contributed by atoms with Gasteiger partial charge in [-0.15, -0.1) is 0 Å². The molecule has 1 aliphatic rings. The number of carboxylic acid groups (broad SMARTS) is 1. The lowest BCUT2D eigenvalue weighted by Gasteiger charge is -2.19. The second-order valence-corrected chi connectivity index (χ2v) is 10.8. The highest BCUT2D eigenvalue weighted by Gasteiger charge is 2.29. The Kier molecular flexibility index (Phi) is 9.81. The summed E-state index contributed by atoms with van der Waals surface area (Å²) in [6, 6.07) is 20.3. The summed E-state index contributed by atoms with van der Waals surface area (Å²) in [5.74, 6) is -1.08. The molecule has 0 aliphatic carbocycles. The molecule has 0 bridgehead atoms. The van der Waals surface area contributed by atoms with E-state index in [1.807, 2.05) is 68.7 Å². The van der Waals surface area contributed by atoms with E-state index in [9.17, 15) is 14.4 Å². The van der Waals surface area contributed by atoms with Gasteiger partial charge in [0.1, 0.15) is 0 Å². The topological polar surface area (TPSA) is 102 Å². The molecule has 0 fully saturated rings. The Morgan fingerprint density at radius 1 is 0.951 bits per heavy atom. The molecule has 41 heavy (non-hydrogen) atoms. The zero-order valence-electron chi connectivity index (χ0n) is 23.5. The van der Waals surface area contributed by atoms with Crippen molar-refractivity contribution in [3.8, 4) is 0 Å². The van der Waals surface area contributed by atoms with Crippen molar-refractivity contribution in [2.75, 3.05) is 43.2 Å². The lowest BCUT2D eigenvalue weighted by molar-refractivity contribution is -0.137. The molecule has 0 saturated heterocycles. The van der Waals surface area contributed by atoms with Gasteiger partial charge in [-0.05, 0) is 93.5 Å². The van der Waals surface area contributed by atoms with Crippen molar-refractivity contribution >= 4 is 57.7 Å². The second-order valence-electron chi connectivity index (χ2n) is 10.4. The third-order valence-corrected chi connectivity index (χ3v) is 7.20. The molecule has 4 rings (SSSR count). The Morgan fingerprint density at radius 3 is 2.41 bits per heavy atom. The van der Waals surface area contributed by atoms with E-state index >= 15 is 0 Å². The normalized spacial score (nSPS) is 13.5. The predicted molar refractivity (Wildman–Crippen MR) is 165 cm³/mol. The number of aryl methyl sites for hydroxylation is 1. The Balaban J connectivity index is 1.62. The van der Waals surface area contributed by atoms with Gasteiger partial charge in [-0.3, -0.25) is 14.4 Å². The fourth-order valence-corrected chi connectivity index (χ4v) is 4.91. The van der Waals surface area contributed by atoms with Gasteiger partial charge in [0.05, 0.1) is 17.0 Å². The summed E-state index contributed by atoms with van der Waals surface area (Å²) in [7, 11) is 5.82. The first kappa shape index (κ1) is 29.8. The van der Waals surface area contributed by atoms with Gasteiger partial charge in [0.2, 0.25) is 5.91 Å². The number of amides is 2. The van der Waals surface area contributed by atoms with Gasteiger partial charge < -0.3 is 25.5 Å². The van der Waals surface area contributed by atoms with E-state index in [-0.39, 0.29) is 18.2 Å². The Hall–Kier alpha value is -4.14. The van der Waals surface area contributed by atoms with Gasteiger partial charge >= 0.3 is 5.97 Å². The van der Waals surface area contributed by atoms with Gasteiger partial charge in [0, 0.05) is 41.9 Å². The van der Waals surface area contributed by atoms with Crippen LogP contribution in [0.15, 0.2) is 66.7 Å². The first-order valence-corrected chi connectivity index (χ1v) is 13.9. The molecule has 0 radical (unpaired) electrons. The van der Waals surface area contributed by atoms with Crippen LogP contribution in [-0.2, 0) is 20.8 Å². The van der Waals surface area contributed by atoms with Crippen molar-refractivity contribution in [2.24, 2.45) is 0 Å². The maximum absolute atomic E-state index is 13.2. The maximum Gasteiger partial charge on any atom is 0.303 e. The number of anilines is 3. The van der Waals surface area contributed by atoms with Crippen molar-refractivity contribution in [1.29, 1.82) is 0 Å². The summed E-state index contributed by atoms with van der Waals surface area (Å²) in [5.41, 5.74) is 5.48. The first-order valence-electron chi connectivity index (χ1n) is 13.6. The van der Waals surface area contributed by atoms with Crippen molar-refractivity contribution in [3.05, 3.63) is 88.4 Å². The second kappa shape index (κ2) is 13.5. The molecule has 214 valence electrons. The number of aliphatic carboxylic acids is 1. The molecule has 3 aromatic carbocycles. The smallest absolute Gasteiger partial charge is 0.303 e. The Morgan fingerprint density at radius 2 is 1.71 bits per heavy atom. The molecule has 3 aromatic rings. The maximum atomic E-state index is 13.2. The minimum absolute atomic E-state index is 0.00789. The highest BCUT2D eigenvalue weighted by molar-refractivity contribution is 6.38. The van der Waals surface area contributed by atoms with Crippen LogP contribution in [0.2, 0.25) is 5.02 Å². The van der Waals surface area contributed by atoms with Crippen molar-refractivity contribution in [3.63, 3.8) is 0 Å². The van der Waals surface area contributed by atoms with E-state index in [4.69, 9.17) is 16.7 Å². The van der Waals surface area contributed by atoms with Crippen LogP contribution in [0.1, 0.15) is 42.4 Å². The first-order chi connectivity index (χ1) is 19.6. The fraction of sp³-hybridized carbons (Fsp3) is 0.281. The van der Waals surface area contributed by atoms with E-state index in [1.54, 1.807) is 24.1 Å². The molecule has 0 spiro atoms. The molecule has 0 atom stereocenters. The van der Waals surface area contributed by atoms with Gasteiger partial charge in [-0.2, -0.15) is 0 Å². The number of hydrogen-bond donors (Lipinski definition) is 3. The highest BCUT2D eigenvalue weighted by atomic mass is 35.5. The SMILES string of the molecule is CN(C)CCCCC(=O)N(C)c1ccc(N/C(=C2\C(=O)Nc3cc(Cl)ccc32)c2cccc(CCC(=O)O)c2)cc1. The molecule has 2 amide bonds. The van der Waals surface area contributed by atoms with Gasteiger partial charge in [0.15, 0.2) is 0 Å². The van der Waals surface area contributed by atoms with E-state index in [0.717, 1.165) is 41.9 Å². The van der Waals surface area contributed by atoms with Crippen LogP contribution in [0.5, 0.6) is 0 Å². The van der Waals surface area contributed by atoms with Crippen LogP contribution < -0.4 is 15.5 Å². The Labute approximate surface area is 245 Å². The Bertz CT molecular complexity index is 1470. The molecule has 9 heteroatoms.